The number of carbonyl (C=O) groups is 2. The molecule has 0 aromatic carbocycles. The van der Waals surface area contributed by atoms with Crippen molar-refractivity contribution in [3.63, 3.8) is 0 Å². The maximum atomic E-state index is 11.8. The first-order valence-corrected chi connectivity index (χ1v) is 6.38. The lowest BCUT2D eigenvalue weighted by atomic mass is 10.2. The van der Waals surface area contributed by atoms with Crippen LogP contribution in [0.4, 0.5) is 0 Å². The van der Waals surface area contributed by atoms with Gasteiger partial charge in [0.05, 0.1) is 13.1 Å². The molecule has 2 amide bonds. The smallest absolute Gasteiger partial charge is 0.251 e. The number of amides is 2. The summed E-state index contributed by atoms with van der Waals surface area (Å²) in [6, 6.07) is 0. The third-order valence-corrected chi connectivity index (χ3v) is 3.09. The van der Waals surface area contributed by atoms with Gasteiger partial charge in [0.15, 0.2) is 0 Å². The number of likely N-dealkylation sites (tertiary alicyclic amines) is 1. The van der Waals surface area contributed by atoms with Crippen molar-refractivity contribution in [1.82, 2.24) is 20.2 Å². The molecule has 0 aliphatic carbocycles. The molecule has 7 nitrogen and oxygen atoms in total. The van der Waals surface area contributed by atoms with Gasteiger partial charge in [-0.25, -0.2) is 4.98 Å². The minimum atomic E-state index is -0.972. The highest BCUT2D eigenvalue weighted by atomic mass is 16.3. The average Bonchev–Trinajstić information content (AvgIpc) is 2.87. The number of hydrogen-bond donors (Lipinski definition) is 3. The Kier molecular flexibility index (Phi) is 4.51. The van der Waals surface area contributed by atoms with Crippen molar-refractivity contribution >= 4 is 11.8 Å². The van der Waals surface area contributed by atoms with Gasteiger partial charge in [-0.1, -0.05) is 0 Å². The van der Waals surface area contributed by atoms with E-state index >= 15 is 0 Å². The van der Waals surface area contributed by atoms with E-state index in [9.17, 15) is 14.7 Å². The zero-order valence-electron chi connectivity index (χ0n) is 10.6. The molecule has 1 fully saturated rings. The van der Waals surface area contributed by atoms with Crippen LogP contribution < -0.4 is 5.32 Å². The van der Waals surface area contributed by atoms with E-state index in [2.05, 4.69) is 15.3 Å². The molecule has 0 radical (unpaired) electrons. The lowest BCUT2D eigenvalue weighted by Crippen LogP contribution is -2.44. The molecule has 2 rings (SSSR count). The third kappa shape index (κ3) is 3.78. The number of aromatic amines is 1. The van der Waals surface area contributed by atoms with Crippen LogP contribution in [-0.2, 0) is 16.1 Å². The maximum Gasteiger partial charge on any atom is 0.251 e. The quantitative estimate of drug-likeness (QED) is 0.677. The van der Waals surface area contributed by atoms with E-state index < -0.39 is 6.10 Å². The van der Waals surface area contributed by atoms with Gasteiger partial charge in [-0.05, 0) is 19.3 Å². The second-order valence-corrected chi connectivity index (χ2v) is 4.58. The molecule has 1 aromatic rings. The van der Waals surface area contributed by atoms with E-state index in [1.165, 1.54) is 4.90 Å². The first-order valence-electron chi connectivity index (χ1n) is 6.38. The number of carbonyl (C=O) groups excluding carboxylic acids is 2. The van der Waals surface area contributed by atoms with Crippen molar-refractivity contribution in [1.29, 1.82) is 0 Å². The summed E-state index contributed by atoms with van der Waals surface area (Å²) in [5.41, 5.74) is 0. The van der Waals surface area contributed by atoms with E-state index in [4.69, 9.17) is 0 Å². The Bertz CT molecular complexity index is 432. The molecule has 0 saturated carbocycles. The molecule has 104 valence electrons. The van der Waals surface area contributed by atoms with Gasteiger partial charge in [-0.3, -0.25) is 9.59 Å². The summed E-state index contributed by atoms with van der Waals surface area (Å²) in [4.78, 5) is 31.8. The first-order chi connectivity index (χ1) is 9.16. The molecule has 1 saturated heterocycles. The van der Waals surface area contributed by atoms with Crippen LogP contribution in [0.15, 0.2) is 12.4 Å². The zero-order chi connectivity index (χ0) is 13.7. The molecule has 1 unspecified atom stereocenters. The third-order valence-electron chi connectivity index (χ3n) is 3.09. The lowest BCUT2D eigenvalue weighted by molar-refractivity contribution is -0.142. The second-order valence-electron chi connectivity index (χ2n) is 4.58. The van der Waals surface area contributed by atoms with Gasteiger partial charge in [-0.2, -0.15) is 0 Å². The van der Waals surface area contributed by atoms with E-state index in [0.29, 0.717) is 25.3 Å². The number of nitrogens with zero attached hydrogens (tertiary/aromatic N) is 2. The van der Waals surface area contributed by atoms with E-state index in [0.717, 1.165) is 12.8 Å². The highest BCUT2D eigenvalue weighted by molar-refractivity contribution is 5.87. The number of imidazole rings is 1. The minimum Gasteiger partial charge on any atom is -0.383 e. The largest absolute Gasteiger partial charge is 0.383 e. The summed E-state index contributed by atoms with van der Waals surface area (Å²) in [7, 11) is 0. The lowest BCUT2D eigenvalue weighted by Gasteiger charge is -2.21. The molecule has 0 spiro atoms. The van der Waals surface area contributed by atoms with Crippen LogP contribution in [0.2, 0.25) is 0 Å². The summed E-state index contributed by atoms with van der Waals surface area (Å²) in [5, 5.41) is 12.3. The van der Waals surface area contributed by atoms with Gasteiger partial charge in [-0.15, -0.1) is 0 Å². The van der Waals surface area contributed by atoms with Gasteiger partial charge in [0.1, 0.15) is 11.9 Å². The van der Waals surface area contributed by atoms with Crippen LogP contribution in [0, 0.1) is 0 Å². The number of H-pyrrole nitrogens is 1. The number of hydrogen-bond acceptors (Lipinski definition) is 4. The monoisotopic (exact) mass is 266 g/mol. The molecule has 3 N–H and O–H groups in total. The van der Waals surface area contributed by atoms with Crippen LogP contribution in [0.5, 0.6) is 0 Å². The van der Waals surface area contributed by atoms with Crippen molar-refractivity contribution in [2.24, 2.45) is 0 Å². The van der Waals surface area contributed by atoms with Crippen molar-refractivity contribution in [3.05, 3.63) is 18.2 Å². The maximum absolute atomic E-state index is 11.8. The minimum absolute atomic E-state index is 0.0173. The summed E-state index contributed by atoms with van der Waals surface area (Å²) in [6.45, 7) is 0.803. The number of aromatic nitrogens is 2. The predicted molar refractivity (Wildman–Crippen MR) is 66.9 cm³/mol. The summed E-state index contributed by atoms with van der Waals surface area (Å²) >= 11 is 0. The Morgan fingerprint density at radius 2 is 2.42 bits per heavy atom. The molecule has 7 heteroatoms. The van der Waals surface area contributed by atoms with Crippen molar-refractivity contribution in [3.8, 4) is 0 Å². The first kappa shape index (κ1) is 13.5. The molecule has 1 aliphatic rings. The van der Waals surface area contributed by atoms with Crippen molar-refractivity contribution in [2.45, 2.75) is 31.9 Å². The topological polar surface area (TPSA) is 98.3 Å². The Labute approximate surface area is 111 Å². The number of aliphatic hydroxyl groups excluding tert-OH is 1. The predicted octanol–water partition coefficient (Wildman–Crippen LogP) is -0.601. The number of rotatable bonds is 4. The highest BCUT2D eigenvalue weighted by Crippen LogP contribution is 2.11. The normalized spacial score (nSPS) is 20.2. The summed E-state index contributed by atoms with van der Waals surface area (Å²) in [6.07, 6.45) is 4.40. The van der Waals surface area contributed by atoms with Gasteiger partial charge in [0.2, 0.25) is 5.91 Å². The molecule has 1 atom stereocenters. The molecular weight excluding hydrogens is 248 g/mol. The Hall–Kier alpha value is -1.89. The number of nitrogens with one attached hydrogen (secondary N) is 2. The molecule has 1 aromatic heterocycles. The summed E-state index contributed by atoms with van der Waals surface area (Å²) in [5.74, 6) is 0.0556. The molecule has 2 heterocycles. The Morgan fingerprint density at radius 3 is 3.16 bits per heavy atom. The van der Waals surface area contributed by atoms with Crippen molar-refractivity contribution < 1.29 is 14.7 Å². The van der Waals surface area contributed by atoms with Gasteiger partial charge < -0.3 is 20.3 Å². The molecule has 0 bridgehead atoms. The van der Waals surface area contributed by atoms with Gasteiger partial charge in [0, 0.05) is 18.9 Å². The van der Waals surface area contributed by atoms with Crippen molar-refractivity contribution in [2.75, 3.05) is 13.1 Å². The molecule has 1 aliphatic heterocycles. The SMILES string of the molecule is O=C(CN1CCCCC(O)C1=O)NCc1ncc[nH]1. The van der Waals surface area contributed by atoms with Gasteiger partial charge in [0.25, 0.3) is 5.91 Å². The highest BCUT2D eigenvalue weighted by Gasteiger charge is 2.26. The zero-order valence-corrected chi connectivity index (χ0v) is 10.6. The van der Waals surface area contributed by atoms with Crippen LogP contribution in [-0.4, -0.2) is 51.0 Å². The average molecular weight is 266 g/mol. The van der Waals surface area contributed by atoms with E-state index in [1.807, 2.05) is 0 Å². The van der Waals surface area contributed by atoms with Gasteiger partial charge >= 0.3 is 0 Å². The number of aliphatic hydroxyl groups is 1. The van der Waals surface area contributed by atoms with Crippen LogP contribution >= 0.6 is 0 Å². The van der Waals surface area contributed by atoms with Crippen LogP contribution in [0.1, 0.15) is 25.1 Å². The van der Waals surface area contributed by atoms with E-state index in [-0.39, 0.29) is 18.4 Å². The molecule has 19 heavy (non-hydrogen) atoms. The fourth-order valence-corrected chi connectivity index (χ4v) is 2.05. The Balaban J connectivity index is 1.81. The standard InChI is InChI=1S/C12H18N4O3/c17-9-3-1-2-6-16(12(9)19)8-11(18)15-7-10-13-4-5-14-10/h4-5,9,17H,1-3,6-8H2,(H,13,14)(H,15,18). The second kappa shape index (κ2) is 6.33. The summed E-state index contributed by atoms with van der Waals surface area (Å²) < 4.78 is 0. The fraction of sp³-hybridized carbons (Fsp3) is 0.583. The van der Waals surface area contributed by atoms with Crippen LogP contribution in [0.3, 0.4) is 0 Å². The fourth-order valence-electron chi connectivity index (χ4n) is 2.05. The van der Waals surface area contributed by atoms with Crippen LogP contribution in [0.25, 0.3) is 0 Å². The Morgan fingerprint density at radius 1 is 1.58 bits per heavy atom. The van der Waals surface area contributed by atoms with E-state index in [1.54, 1.807) is 12.4 Å². The molecular formula is C12H18N4O3.